The second-order valence-electron chi connectivity index (χ2n) is 5.66. The van der Waals surface area contributed by atoms with E-state index in [4.69, 9.17) is 4.74 Å². The van der Waals surface area contributed by atoms with E-state index in [1.54, 1.807) is 19.5 Å². The molecule has 2 atom stereocenters. The molecule has 6 nitrogen and oxygen atoms in total. The number of hydrogen-bond donors (Lipinski definition) is 0. The molecule has 21 heavy (non-hydrogen) atoms. The number of amides is 1. The Kier molecular flexibility index (Phi) is 5.64. The number of likely N-dealkylation sites (N-methyl/N-ethyl adjacent to an activating group) is 1. The van der Waals surface area contributed by atoms with E-state index >= 15 is 0 Å². The Morgan fingerprint density at radius 1 is 1.52 bits per heavy atom. The van der Waals surface area contributed by atoms with Gasteiger partial charge in [0.15, 0.2) is 0 Å². The second-order valence-corrected chi connectivity index (χ2v) is 5.66. The average molecular weight is 292 g/mol. The van der Waals surface area contributed by atoms with Crippen LogP contribution in [0.5, 0.6) is 0 Å². The average Bonchev–Trinajstić information content (AvgIpc) is 2.97. The topological polar surface area (TPSA) is 58.6 Å². The molecule has 1 aromatic rings. The molecule has 1 aromatic heterocycles. The predicted molar refractivity (Wildman–Crippen MR) is 79.5 cm³/mol. The van der Waals surface area contributed by atoms with Gasteiger partial charge in [-0.15, -0.1) is 0 Å². The minimum absolute atomic E-state index is 0.0727. The Morgan fingerprint density at radius 3 is 2.90 bits per heavy atom. The van der Waals surface area contributed by atoms with Crippen LogP contribution >= 0.6 is 0 Å². The normalized spacial score (nSPS) is 20.0. The molecule has 0 aliphatic carbocycles. The molecule has 0 saturated carbocycles. The first-order valence-electron chi connectivity index (χ1n) is 7.35. The van der Waals surface area contributed by atoms with Crippen molar-refractivity contribution < 1.29 is 9.53 Å². The molecular weight excluding hydrogens is 268 g/mol. The van der Waals surface area contributed by atoms with E-state index in [1.165, 1.54) is 0 Å². The molecule has 1 saturated heterocycles. The molecule has 0 unspecified atom stereocenters. The predicted octanol–water partition coefficient (Wildman–Crippen LogP) is 0.792. The van der Waals surface area contributed by atoms with Crippen LogP contribution in [0, 0.1) is 5.92 Å². The summed E-state index contributed by atoms with van der Waals surface area (Å²) in [5, 5.41) is 0. The first kappa shape index (κ1) is 15.9. The molecule has 2 heterocycles. The zero-order valence-electron chi connectivity index (χ0n) is 13.0. The van der Waals surface area contributed by atoms with E-state index in [1.807, 2.05) is 17.9 Å². The van der Waals surface area contributed by atoms with Crippen LogP contribution < -0.4 is 0 Å². The number of methoxy groups -OCH3 is 1. The van der Waals surface area contributed by atoms with Crippen LogP contribution in [0.2, 0.25) is 0 Å². The van der Waals surface area contributed by atoms with E-state index in [9.17, 15) is 4.79 Å². The largest absolute Gasteiger partial charge is 0.384 e. The lowest BCUT2D eigenvalue weighted by Gasteiger charge is -2.25. The Morgan fingerprint density at radius 2 is 2.24 bits per heavy atom. The number of carbonyl (C=O) groups excluding carboxylic acids is 1. The van der Waals surface area contributed by atoms with Gasteiger partial charge in [-0.2, -0.15) is 0 Å². The Bertz CT molecular complexity index is 454. The van der Waals surface area contributed by atoms with Gasteiger partial charge in [-0.1, -0.05) is 6.92 Å². The minimum Gasteiger partial charge on any atom is -0.384 e. The Balaban J connectivity index is 1.85. The van der Waals surface area contributed by atoms with Crippen molar-refractivity contribution in [2.45, 2.75) is 25.9 Å². The van der Waals surface area contributed by atoms with Gasteiger partial charge in [-0.05, 0) is 19.5 Å². The number of carbonyl (C=O) groups is 1. The fourth-order valence-corrected chi connectivity index (χ4v) is 2.70. The van der Waals surface area contributed by atoms with Crippen molar-refractivity contribution in [2.75, 3.05) is 33.9 Å². The summed E-state index contributed by atoms with van der Waals surface area (Å²) in [6.07, 6.45) is 4.51. The highest BCUT2D eigenvalue weighted by Gasteiger charge is 2.31. The lowest BCUT2D eigenvalue weighted by molar-refractivity contribution is -0.135. The van der Waals surface area contributed by atoms with Crippen molar-refractivity contribution in [3.8, 4) is 0 Å². The third-order valence-electron chi connectivity index (χ3n) is 3.95. The van der Waals surface area contributed by atoms with E-state index < -0.39 is 0 Å². The molecule has 2 rings (SSSR count). The Hall–Kier alpha value is -1.53. The van der Waals surface area contributed by atoms with Crippen LogP contribution in [0.25, 0.3) is 0 Å². The first-order chi connectivity index (χ1) is 10.1. The maximum atomic E-state index is 12.3. The van der Waals surface area contributed by atoms with Crippen molar-refractivity contribution in [1.82, 2.24) is 19.8 Å². The highest BCUT2D eigenvalue weighted by atomic mass is 16.5. The molecular formula is C15H24N4O2. The smallest absolute Gasteiger partial charge is 0.227 e. The minimum atomic E-state index is -0.0727. The van der Waals surface area contributed by atoms with Crippen molar-refractivity contribution >= 4 is 5.91 Å². The zero-order chi connectivity index (χ0) is 15.2. The van der Waals surface area contributed by atoms with Crippen LogP contribution in [0.3, 0.4) is 0 Å². The Labute approximate surface area is 126 Å². The molecule has 0 N–H and O–H groups in total. The van der Waals surface area contributed by atoms with Crippen LogP contribution in [-0.2, 0) is 16.1 Å². The van der Waals surface area contributed by atoms with Gasteiger partial charge >= 0.3 is 0 Å². The number of likely N-dealkylation sites (tertiary alicyclic amines) is 1. The van der Waals surface area contributed by atoms with E-state index in [-0.39, 0.29) is 11.8 Å². The van der Waals surface area contributed by atoms with E-state index in [0.29, 0.717) is 19.2 Å². The number of nitrogens with zero attached hydrogens (tertiary/aromatic N) is 4. The third kappa shape index (κ3) is 4.22. The summed E-state index contributed by atoms with van der Waals surface area (Å²) in [7, 11) is 3.69. The molecule has 1 amide bonds. The molecule has 0 spiro atoms. The molecule has 116 valence electrons. The van der Waals surface area contributed by atoms with Gasteiger partial charge < -0.3 is 9.64 Å². The molecule has 0 radical (unpaired) electrons. The fraction of sp³-hybridized carbons (Fsp3) is 0.667. The molecule has 6 heteroatoms. The standard InChI is InChI=1S/C15H24N4O2/c1-12(11-21-3)15(20)19-8-5-13(9-19)18(2)10-14-16-6-4-7-17-14/h4,6-7,12-13H,5,8-11H2,1-3H3/t12-,13+/m0/s1. The molecule has 0 bridgehead atoms. The first-order valence-corrected chi connectivity index (χ1v) is 7.35. The maximum absolute atomic E-state index is 12.3. The van der Waals surface area contributed by atoms with Gasteiger partial charge in [-0.3, -0.25) is 9.69 Å². The van der Waals surface area contributed by atoms with Gasteiger partial charge in [0.05, 0.1) is 19.1 Å². The SMILES string of the molecule is COC[C@H](C)C(=O)N1CC[C@@H](N(C)Cc2ncccn2)C1. The van der Waals surface area contributed by atoms with Gasteiger partial charge in [0, 0.05) is 38.6 Å². The van der Waals surface area contributed by atoms with Crippen molar-refractivity contribution in [2.24, 2.45) is 5.92 Å². The van der Waals surface area contributed by atoms with Gasteiger partial charge in [0.25, 0.3) is 0 Å². The van der Waals surface area contributed by atoms with Gasteiger partial charge in [-0.25, -0.2) is 9.97 Å². The van der Waals surface area contributed by atoms with Crippen LogP contribution in [0.15, 0.2) is 18.5 Å². The summed E-state index contributed by atoms with van der Waals surface area (Å²) in [5.74, 6) is 0.928. The van der Waals surface area contributed by atoms with E-state index in [0.717, 1.165) is 25.3 Å². The summed E-state index contributed by atoms with van der Waals surface area (Å²) >= 11 is 0. The molecule has 1 aliphatic heterocycles. The summed E-state index contributed by atoms with van der Waals surface area (Å²) in [4.78, 5) is 24.9. The molecule has 0 aromatic carbocycles. The maximum Gasteiger partial charge on any atom is 0.227 e. The number of ether oxygens (including phenoxy) is 1. The molecule has 1 aliphatic rings. The number of hydrogen-bond acceptors (Lipinski definition) is 5. The van der Waals surface area contributed by atoms with Crippen molar-refractivity contribution in [3.05, 3.63) is 24.3 Å². The number of aromatic nitrogens is 2. The van der Waals surface area contributed by atoms with Gasteiger partial charge in [0.1, 0.15) is 5.82 Å². The quantitative estimate of drug-likeness (QED) is 0.776. The van der Waals surface area contributed by atoms with Crippen LogP contribution in [0.1, 0.15) is 19.2 Å². The van der Waals surface area contributed by atoms with Crippen molar-refractivity contribution in [1.29, 1.82) is 0 Å². The zero-order valence-corrected chi connectivity index (χ0v) is 13.0. The summed E-state index contributed by atoms with van der Waals surface area (Å²) in [5.41, 5.74) is 0. The summed E-state index contributed by atoms with van der Waals surface area (Å²) in [6, 6.07) is 2.18. The monoisotopic (exact) mass is 292 g/mol. The molecule has 1 fully saturated rings. The summed E-state index contributed by atoms with van der Waals surface area (Å²) < 4.78 is 5.06. The van der Waals surface area contributed by atoms with Crippen LogP contribution in [0.4, 0.5) is 0 Å². The van der Waals surface area contributed by atoms with Crippen LogP contribution in [-0.4, -0.2) is 65.6 Å². The highest BCUT2D eigenvalue weighted by molar-refractivity contribution is 5.79. The fourth-order valence-electron chi connectivity index (χ4n) is 2.70. The lowest BCUT2D eigenvalue weighted by Crippen LogP contribution is -2.39. The summed E-state index contributed by atoms with van der Waals surface area (Å²) in [6.45, 7) is 4.70. The second kappa shape index (κ2) is 7.47. The number of rotatable bonds is 6. The third-order valence-corrected chi connectivity index (χ3v) is 3.95. The van der Waals surface area contributed by atoms with Crippen molar-refractivity contribution in [3.63, 3.8) is 0 Å². The highest BCUT2D eigenvalue weighted by Crippen LogP contribution is 2.18. The lowest BCUT2D eigenvalue weighted by atomic mass is 10.1. The van der Waals surface area contributed by atoms with E-state index in [2.05, 4.69) is 21.9 Å². The van der Waals surface area contributed by atoms with Gasteiger partial charge in [0.2, 0.25) is 5.91 Å².